The number of carbonyl (C=O) groups excluding carboxylic acids is 1. The maximum Gasteiger partial charge on any atom is 0.253 e. The Morgan fingerprint density at radius 2 is 2.17 bits per heavy atom. The van der Waals surface area contributed by atoms with E-state index in [0.717, 1.165) is 35.4 Å². The maximum atomic E-state index is 12.7. The number of pyridine rings is 1. The minimum absolute atomic E-state index is 0.0415. The van der Waals surface area contributed by atoms with Crippen molar-refractivity contribution in [3.05, 3.63) is 58.9 Å². The van der Waals surface area contributed by atoms with Crippen molar-refractivity contribution < 1.29 is 9.53 Å². The molecule has 1 amide bonds. The summed E-state index contributed by atoms with van der Waals surface area (Å²) in [6.07, 6.45) is 3.45. The summed E-state index contributed by atoms with van der Waals surface area (Å²) in [5.74, 6) is 0.945. The van der Waals surface area contributed by atoms with Gasteiger partial charge in [0.05, 0.1) is 6.61 Å². The molecule has 2 heterocycles. The number of hydrogen-bond donors (Lipinski definition) is 0. The average molecular weight is 310 g/mol. The van der Waals surface area contributed by atoms with Crippen LogP contribution >= 0.6 is 0 Å². The number of hydrogen-bond acceptors (Lipinski definition) is 3. The fraction of sp³-hybridized carbons (Fsp3) is 0.368. The van der Waals surface area contributed by atoms with Crippen LogP contribution in [0.25, 0.3) is 0 Å². The molecule has 1 aromatic carbocycles. The van der Waals surface area contributed by atoms with Gasteiger partial charge in [-0.05, 0) is 55.3 Å². The highest BCUT2D eigenvalue weighted by atomic mass is 16.5. The second kappa shape index (κ2) is 6.41. The number of benzene rings is 1. The molecule has 0 spiro atoms. The molecule has 23 heavy (non-hydrogen) atoms. The van der Waals surface area contributed by atoms with Gasteiger partial charge in [-0.25, -0.2) is 0 Å². The van der Waals surface area contributed by atoms with Crippen LogP contribution in [0.15, 0.2) is 36.5 Å². The molecule has 0 unspecified atom stereocenters. The smallest absolute Gasteiger partial charge is 0.253 e. The SMILES string of the molecule is Cc1ccnc(C[C@@H](C)N(C)C(=O)c2ccc3c(c2)CCO3)c1. The Bertz CT molecular complexity index is 727. The Hall–Kier alpha value is -2.36. The van der Waals surface area contributed by atoms with E-state index in [4.69, 9.17) is 4.74 Å². The molecule has 1 aliphatic rings. The molecule has 0 N–H and O–H groups in total. The lowest BCUT2D eigenvalue weighted by molar-refractivity contribution is 0.0743. The van der Waals surface area contributed by atoms with Gasteiger partial charge in [0.1, 0.15) is 5.75 Å². The normalized spacial score (nSPS) is 14.0. The van der Waals surface area contributed by atoms with Crippen LogP contribution < -0.4 is 4.74 Å². The van der Waals surface area contributed by atoms with E-state index in [1.807, 2.05) is 37.5 Å². The van der Waals surface area contributed by atoms with Crippen molar-refractivity contribution in [1.29, 1.82) is 0 Å². The zero-order valence-electron chi connectivity index (χ0n) is 13.9. The van der Waals surface area contributed by atoms with Gasteiger partial charge in [-0.2, -0.15) is 0 Å². The first-order chi connectivity index (χ1) is 11.0. The van der Waals surface area contributed by atoms with Gasteiger partial charge in [0, 0.05) is 43.4 Å². The van der Waals surface area contributed by atoms with Crippen LogP contribution in [0, 0.1) is 6.92 Å². The highest BCUT2D eigenvalue weighted by Gasteiger charge is 2.21. The highest BCUT2D eigenvalue weighted by molar-refractivity contribution is 5.94. The maximum absolute atomic E-state index is 12.7. The van der Waals surface area contributed by atoms with E-state index in [9.17, 15) is 4.79 Å². The van der Waals surface area contributed by atoms with Crippen LogP contribution in [0.3, 0.4) is 0 Å². The molecule has 0 fully saturated rings. The van der Waals surface area contributed by atoms with Crippen molar-refractivity contribution in [3.63, 3.8) is 0 Å². The molecule has 0 saturated heterocycles. The molecule has 0 bridgehead atoms. The summed E-state index contributed by atoms with van der Waals surface area (Å²) in [7, 11) is 1.85. The van der Waals surface area contributed by atoms with Crippen molar-refractivity contribution in [2.45, 2.75) is 32.7 Å². The number of rotatable bonds is 4. The van der Waals surface area contributed by atoms with Crippen LogP contribution in [0.5, 0.6) is 5.75 Å². The third-order valence-corrected chi connectivity index (χ3v) is 4.39. The fourth-order valence-corrected chi connectivity index (χ4v) is 2.87. The molecule has 0 saturated carbocycles. The van der Waals surface area contributed by atoms with Gasteiger partial charge >= 0.3 is 0 Å². The summed E-state index contributed by atoms with van der Waals surface area (Å²) < 4.78 is 5.50. The molecular weight excluding hydrogens is 288 g/mol. The lowest BCUT2D eigenvalue weighted by Gasteiger charge is -2.25. The average Bonchev–Trinajstić information content (AvgIpc) is 3.01. The number of ether oxygens (including phenoxy) is 1. The van der Waals surface area contributed by atoms with Gasteiger partial charge in [0.25, 0.3) is 5.91 Å². The summed E-state index contributed by atoms with van der Waals surface area (Å²) in [5, 5.41) is 0. The standard InChI is InChI=1S/C19H22N2O2/c1-13-6-8-20-17(10-13)11-14(2)21(3)19(22)16-4-5-18-15(12-16)7-9-23-18/h4-6,8,10,12,14H,7,9,11H2,1-3H3/t14-/m1/s1. The van der Waals surface area contributed by atoms with Crippen LogP contribution in [0.1, 0.15) is 34.1 Å². The summed E-state index contributed by atoms with van der Waals surface area (Å²) in [6.45, 7) is 4.81. The Labute approximate surface area is 137 Å². The molecule has 3 rings (SSSR count). The summed E-state index contributed by atoms with van der Waals surface area (Å²) in [6, 6.07) is 9.84. The number of fused-ring (bicyclic) bond motifs is 1. The van der Waals surface area contributed by atoms with Gasteiger partial charge in [-0.15, -0.1) is 0 Å². The molecular formula is C19H22N2O2. The van der Waals surface area contributed by atoms with E-state index in [-0.39, 0.29) is 11.9 Å². The van der Waals surface area contributed by atoms with Gasteiger partial charge in [0.2, 0.25) is 0 Å². The molecule has 0 radical (unpaired) electrons. The van der Waals surface area contributed by atoms with E-state index < -0.39 is 0 Å². The number of carbonyl (C=O) groups is 1. The molecule has 0 aliphatic carbocycles. The summed E-state index contributed by atoms with van der Waals surface area (Å²) in [5.41, 5.74) is 4.05. The summed E-state index contributed by atoms with van der Waals surface area (Å²) in [4.78, 5) is 18.9. The van der Waals surface area contributed by atoms with Crippen molar-refractivity contribution in [2.24, 2.45) is 0 Å². The molecule has 1 aromatic heterocycles. The first-order valence-electron chi connectivity index (χ1n) is 7.99. The van der Waals surface area contributed by atoms with Crippen LogP contribution in [0.2, 0.25) is 0 Å². The van der Waals surface area contributed by atoms with E-state index in [0.29, 0.717) is 6.61 Å². The van der Waals surface area contributed by atoms with E-state index in [2.05, 4.69) is 24.9 Å². The van der Waals surface area contributed by atoms with Crippen LogP contribution in [-0.2, 0) is 12.8 Å². The molecule has 4 heteroatoms. The number of amides is 1. The Balaban J connectivity index is 1.71. The van der Waals surface area contributed by atoms with Gasteiger partial charge in [-0.1, -0.05) is 0 Å². The third-order valence-electron chi connectivity index (χ3n) is 4.39. The van der Waals surface area contributed by atoms with E-state index in [1.165, 1.54) is 5.56 Å². The number of likely N-dealkylation sites (N-methyl/N-ethyl adjacent to an activating group) is 1. The second-order valence-electron chi connectivity index (χ2n) is 6.21. The Kier molecular flexibility index (Phi) is 4.33. The zero-order chi connectivity index (χ0) is 16.4. The van der Waals surface area contributed by atoms with Gasteiger partial charge in [0.15, 0.2) is 0 Å². The number of aryl methyl sites for hydroxylation is 1. The predicted molar refractivity (Wildman–Crippen MR) is 89.9 cm³/mol. The topological polar surface area (TPSA) is 42.4 Å². The van der Waals surface area contributed by atoms with Crippen molar-refractivity contribution in [3.8, 4) is 5.75 Å². The minimum Gasteiger partial charge on any atom is -0.493 e. The van der Waals surface area contributed by atoms with Crippen molar-refractivity contribution in [2.75, 3.05) is 13.7 Å². The minimum atomic E-state index is 0.0415. The Morgan fingerprint density at radius 1 is 1.35 bits per heavy atom. The fourth-order valence-electron chi connectivity index (χ4n) is 2.87. The van der Waals surface area contributed by atoms with Gasteiger partial charge in [-0.3, -0.25) is 9.78 Å². The molecule has 120 valence electrons. The van der Waals surface area contributed by atoms with Crippen molar-refractivity contribution >= 4 is 5.91 Å². The lowest BCUT2D eigenvalue weighted by Crippen LogP contribution is -2.36. The zero-order valence-corrected chi connectivity index (χ0v) is 13.9. The van der Waals surface area contributed by atoms with E-state index >= 15 is 0 Å². The quantitative estimate of drug-likeness (QED) is 0.872. The van der Waals surface area contributed by atoms with Crippen LogP contribution in [0.4, 0.5) is 0 Å². The first-order valence-corrected chi connectivity index (χ1v) is 7.99. The lowest BCUT2D eigenvalue weighted by atomic mass is 10.1. The highest BCUT2D eigenvalue weighted by Crippen LogP contribution is 2.26. The molecule has 1 aliphatic heterocycles. The number of nitrogens with zero attached hydrogens (tertiary/aromatic N) is 2. The molecule has 4 nitrogen and oxygen atoms in total. The van der Waals surface area contributed by atoms with Crippen molar-refractivity contribution in [1.82, 2.24) is 9.88 Å². The van der Waals surface area contributed by atoms with E-state index in [1.54, 1.807) is 4.90 Å². The summed E-state index contributed by atoms with van der Waals surface area (Å²) >= 11 is 0. The largest absolute Gasteiger partial charge is 0.493 e. The predicted octanol–water partition coefficient (Wildman–Crippen LogP) is 3.03. The molecule has 2 aromatic rings. The Morgan fingerprint density at radius 3 is 2.96 bits per heavy atom. The first kappa shape index (κ1) is 15.5. The third kappa shape index (κ3) is 3.36. The second-order valence-corrected chi connectivity index (χ2v) is 6.21. The van der Waals surface area contributed by atoms with Gasteiger partial charge < -0.3 is 9.64 Å². The molecule has 1 atom stereocenters. The number of aromatic nitrogens is 1. The monoisotopic (exact) mass is 310 g/mol. The van der Waals surface area contributed by atoms with Crippen LogP contribution in [-0.4, -0.2) is 35.5 Å².